The van der Waals surface area contributed by atoms with Gasteiger partial charge in [-0.05, 0) is 56.5 Å². The van der Waals surface area contributed by atoms with Crippen LogP contribution in [0.2, 0.25) is 0 Å². The van der Waals surface area contributed by atoms with Crippen LogP contribution >= 0.6 is 0 Å². The van der Waals surface area contributed by atoms with Crippen LogP contribution in [0.15, 0.2) is 24.3 Å². The Morgan fingerprint density at radius 3 is 2.63 bits per heavy atom. The number of aromatic hydroxyl groups is 1. The maximum absolute atomic E-state index is 16.6. The number of phenolic OH excluding ortho intramolecular Hbond substituents is 1. The Morgan fingerprint density at radius 2 is 1.91 bits per heavy atom. The molecule has 0 aliphatic carbocycles. The molecule has 7 rings (SSSR count). The second-order valence-corrected chi connectivity index (χ2v) is 12.1. The van der Waals surface area contributed by atoms with Crippen LogP contribution in [0.1, 0.15) is 43.2 Å². The van der Waals surface area contributed by atoms with Crippen LogP contribution in [0.5, 0.6) is 11.8 Å². The zero-order valence-corrected chi connectivity index (χ0v) is 23.1. The Morgan fingerprint density at radius 1 is 1.14 bits per heavy atom. The maximum atomic E-state index is 16.6. The minimum Gasteiger partial charge on any atom is -0.508 e. The molecule has 5 heterocycles. The van der Waals surface area contributed by atoms with Crippen LogP contribution in [0.4, 0.5) is 27.8 Å². The topological polar surface area (TPSA) is 97.5 Å². The molecule has 0 amide bonds. The van der Waals surface area contributed by atoms with E-state index < -0.39 is 46.1 Å². The first kappa shape index (κ1) is 28.0. The lowest BCUT2D eigenvalue weighted by Crippen LogP contribution is -2.51. The Bertz CT molecular complexity index is 1630. The predicted octanol–water partition coefficient (Wildman–Crippen LogP) is 4.93. The van der Waals surface area contributed by atoms with E-state index in [0.717, 1.165) is 44.4 Å². The van der Waals surface area contributed by atoms with E-state index >= 15 is 4.39 Å². The molecule has 13 heteroatoms. The van der Waals surface area contributed by atoms with E-state index in [1.165, 1.54) is 6.07 Å². The molecule has 0 unspecified atom stereocenters. The number of aromatic nitrogens is 2. The highest BCUT2D eigenvalue weighted by molar-refractivity contribution is 5.96. The molecule has 226 valence electrons. The van der Waals surface area contributed by atoms with E-state index in [0.29, 0.717) is 37.9 Å². The number of halogens is 5. The minimum absolute atomic E-state index is 0.0840. The van der Waals surface area contributed by atoms with Gasteiger partial charge in [0.2, 0.25) is 0 Å². The highest BCUT2D eigenvalue weighted by Crippen LogP contribution is 2.44. The van der Waals surface area contributed by atoms with Gasteiger partial charge >= 0.3 is 12.2 Å². The Hall–Kier alpha value is -3.76. The van der Waals surface area contributed by atoms with E-state index in [1.807, 2.05) is 11.0 Å². The molecule has 0 radical (unpaired) electrons. The van der Waals surface area contributed by atoms with Crippen molar-refractivity contribution in [3.63, 3.8) is 0 Å². The molecular weight excluding hydrogens is 571 g/mol. The molecule has 0 spiro atoms. The van der Waals surface area contributed by atoms with Gasteiger partial charge < -0.3 is 20.1 Å². The largest absolute Gasteiger partial charge is 0.508 e. The molecule has 8 nitrogen and oxygen atoms in total. The van der Waals surface area contributed by atoms with Crippen molar-refractivity contribution in [2.75, 3.05) is 37.7 Å². The molecule has 2 aromatic carbocycles. The van der Waals surface area contributed by atoms with Crippen molar-refractivity contribution in [2.24, 2.45) is 0 Å². The first-order valence-electron chi connectivity index (χ1n) is 14.4. The lowest BCUT2D eigenvalue weighted by Gasteiger charge is -2.34. The number of benzene rings is 2. The highest BCUT2D eigenvalue weighted by atomic mass is 19.4. The van der Waals surface area contributed by atoms with Crippen molar-refractivity contribution in [3.05, 3.63) is 41.2 Å². The third-order valence-electron chi connectivity index (χ3n) is 9.34. The number of nitrogens with one attached hydrogen (secondary N) is 1. The second-order valence-electron chi connectivity index (χ2n) is 12.1. The van der Waals surface area contributed by atoms with Crippen molar-refractivity contribution in [1.29, 1.82) is 5.26 Å². The fourth-order valence-corrected chi connectivity index (χ4v) is 7.45. The third kappa shape index (κ3) is 4.80. The van der Waals surface area contributed by atoms with Gasteiger partial charge in [-0.2, -0.15) is 28.4 Å². The van der Waals surface area contributed by atoms with Gasteiger partial charge in [0.15, 0.2) is 5.82 Å². The molecule has 43 heavy (non-hydrogen) atoms. The first-order valence-corrected chi connectivity index (χ1v) is 14.4. The summed E-state index contributed by atoms with van der Waals surface area (Å²) >= 11 is 0. The van der Waals surface area contributed by atoms with Gasteiger partial charge in [-0.3, -0.25) is 4.90 Å². The molecule has 4 aliphatic rings. The van der Waals surface area contributed by atoms with Gasteiger partial charge in [0.05, 0.1) is 22.7 Å². The van der Waals surface area contributed by atoms with Crippen molar-refractivity contribution < 1.29 is 31.8 Å². The van der Waals surface area contributed by atoms with Gasteiger partial charge in [0.1, 0.15) is 29.9 Å². The lowest BCUT2D eigenvalue weighted by atomic mass is 9.93. The van der Waals surface area contributed by atoms with Crippen molar-refractivity contribution in [2.45, 2.75) is 62.1 Å². The second kappa shape index (κ2) is 10.2. The fraction of sp³-hybridized carbons (Fsp3) is 0.500. The zero-order chi connectivity index (χ0) is 30.1. The monoisotopic (exact) mass is 600 g/mol. The summed E-state index contributed by atoms with van der Waals surface area (Å²) in [5.74, 6) is -1.34. The summed E-state index contributed by atoms with van der Waals surface area (Å²) in [6, 6.07) is 5.65. The molecule has 2 N–H and O–H groups in total. The SMILES string of the molecule is N#Cc1cc2c(N3C[C@H]4CC[C@@H](C3)N4)nc(OC[C@@]34CCCN3C[C@H](F)C4)nc2c(F)c1-c1cc(O)ccc1C(F)(F)F. The summed E-state index contributed by atoms with van der Waals surface area (Å²) in [5.41, 5.74) is -3.67. The Labute approximate surface area is 244 Å². The van der Waals surface area contributed by atoms with Crippen molar-refractivity contribution >= 4 is 16.7 Å². The van der Waals surface area contributed by atoms with Gasteiger partial charge in [-0.15, -0.1) is 0 Å². The standard InChI is InChI=1S/C30H29F5N6O2/c31-17-10-29(6-1-7-41(29)12-17)15-43-28-38-26-22(27(39-28)40-13-18-2-3-19(14-40)37-18)8-16(11-36)24(25(26)32)21-9-20(42)4-5-23(21)30(33,34)35/h4-5,8-9,17-19,37,42H,1-3,6-7,10,12-15H2/t17-,18-,19+,29+/m1/s1. The van der Waals surface area contributed by atoms with Crippen LogP contribution in [0, 0.1) is 17.1 Å². The number of phenols is 1. The van der Waals surface area contributed by atoms with Crippen molar-refractivity contribution in [1.82, 2.24) is 20.2 Å². The molecule has 4 atom stereocenters. The maximum Gasteiger partial charge on any atom is 0.417 e. The molecule has 4 saturated heterocycles. The van der Waals surface area contributed by atoms with Gasteiger partial charge in [-0.1, -0.05) is 0 Å². The summed E-state index contributed by atoms with van der Waals surface area (Å²) in [5, 5.41) is 23.7. The number of rotatable bonds is 5. The number of nitrogens with zero attached hydrogens (tertiary/aromatic N) is 5. The number of nitriles is 1. The number of fused-ring (bicyclic) bond motifs is 4. The van der Waals surface area contributed by atoms with Gasteiger partial charge in [0.25, 0.3) is 0 Å². The number of hydrogen-bond donors (Lipinski definition) is 2. The molecule has 4 fully saturated rings. The summed E-state index contributed by atoms with van der Waals surface area (Å²) in [4.78, 5) is 13.0. The Balaban J connectivity index is 1.39. The van der Waals surface area contributed by atoms with E-state index in [2.05, 4.69) is 20.2 Å². The van der Waals surface area contributed by atoms with Crippen LogP contribution in [0.3, 0.4) is 0 Å². The number of ether oxygens (including phenoxy) is 1. The van der Waals surface area contributed by atoms with Crippen LogP contribution in [-0.4, -0.2) is 76.6 Å². The predicted molar refractivity (Wildman–Crippen MR) is 147 cm³/mol. The van der Waals surface area contributed by atoms with E-state index in [9.17, 15) is 27.9 Å². The molecule has 3 aromatic rings. The zero-order valence-electron chi connectivity index (χ0n) is 23.1. The van der Waals surface area contributed by atoms with E-state index in [1.54, 1.807) is 0 Å². The van der Waals surface area contributed by atoms with Crippen LogP contribution in [-0.2, 0) is 6.18 Å². The van der Waals surface area contributed by atoms with Crippen molar-refractivity contribution in [3.8, 4) is 29.0 Å². The average Bonchev–Trinajstić information content (AvgIpc) is 3.61. The third-order valence-corrected chi connectivity index (χ3v) is 9.34. The molecule has 1 aromatic heterocycles. The van der Waals surface area contributed by atoms with E-state index in [4.69, 9.17) is 4.74 Å². The lowest BCUT2D eigenvalue weighted by molar-refractivity contribution is -0.137. The molecule has 2 bridgehead atoms. The number of alkyl halides is 4. The first-order chi connectivity index (χ1) is 20.5. The fourth-order valence-electron chi connectivity index (χ4n) is 7.45. The number of hydrogen-bond acceptors (Lipinski definition) is 8. The normalized spacial score (nSPS) is 27.1. The molecular formula is C30H29F5N6O2. The van der Waals surface area contributed by atoms with Crippen LogP contribution < -0.4 is 15.0 Å². The summed E-state index contributed by atoms with van der Waals surface area (Å²) in [7, 11) is 0. The molecule has 0 saturated carbocycles. The molecule has 4 aliphatic heterocycles. The Kier molecular flexibility index (Phi) is 6.63. The average molecular weight is 601 g/mol. The summed E-state index contributed by atoms with van der Waals surface area (Å²) < 4.78 is 79.0. The number of anilines is 1. The van der Waals surface area contributed by atoms with Crippen LogP contribution in [0.25, 0.3) is 22.0 Å². The minimum atomic E-state index is -4.88. The van der Waals surface area contributed by atoms with Gasteiger partial charge in [-0.25, -0.2) is 8.78 Å². The smallest absolute Gasteiger partial charge is 0.417 e. The summed E-state index contributed by atoms with van der Waals surface area (Å²) in [6.07, 6.45) is -2.03. The summed E-state index contributed by atoms with van der Waals surface area (Å²) in [6.45, 7) is 2.26. The quantitative estimate of drug-likeness (QED) is 0.398. The highest BCUT2D eigenvalue weighted by Gasteiger charge is 2.49. The van der Waals surface area contributed by atoms with E-state index in [-0.39, 0.29) is 41.2 Å². The number of piperazine rings is 1. The van der Waals surface area contributed by atoms with Gasteiger partial charge in [0, 0.05) is 54.7 Å².